The van der Waals surface area contributed by atoms with Gasteiger partial charge in [0.2, 0.25) is 5.91 Å². The second-order valence-corrected chi connectivity index (χ2v) is 9.61. The molecule has 4 aliphatic rings. The fourth-order valence-electron chi connectivity index (χ4n) is 5.29. The second kappa shape index (κ2) is 7.43. The van der Waals surface area contributed by atoms with Crippen LogP contribution in [0.2, 0.25) is 10.0 Å². The molecule has 2 bridgehead atoms. The predicted molar refractivity (Wildman–Crippen MR) is 113 cm³/mol. The standard InChI is InChI=1S/C22H20Cl2FN3O3/c23-14-3-1-12(2-4-14)10-27-18(29)11-28(20-17(25)5-15(24)9-26-20)21(30)19(27)16-8-22(31)6-13(16)7-22/h1-5,9,13,16,19,31H,6-8,10-11H2. The molecule has 0 radical (unpaired) electrons. The molecule has 1 aromatic carbocycles. The number of hydrogen-bond acceptors (Lipinski definition) is 4. The van der Waals surface area contributed by atoms with E-state index in [9.17, 15) is 19.1 Å². The minimum absolute atomic E-state index is 0.108. The van der Waals surface area contributed by atoms with Crippen LogP contribution in [0.1, 0.15) is 24.8 Å². The zero-order valence-corrected chi connectivity index (χ0v) is 18.0. The third-order valence-electron chi connectivity index (χ3n) is 6.69. The van der Waals surface area contributed by atoms with E-state index in [4.69, 9.17) is 23.2 Å². The Kier molecular flexibility index (Phi) is 4.95. The fourth-order valence-corrected chi connectivity index (χ4v) is 5.56. The number of anilines is 1. The van der Waals surface area contributed by atoms with Crippen molar-refractivity contribution in [3.8, 4) is 0 Å². The SMILES string of the molecule is O=C1C(C2CC3(O)CC2C3)N(Cc2ccc(Cl)cc2)C(=O)CN1c1ncc(Cl)cc1F. The third kappa shape index (κ3) is 3.58. The highest BCUT2D eigenvalue weighted by atomic mass is 35.5. The van der Waals surface area contributed by atoms with Gasteiger partial charge in [0.05, 0.1) is 10.6 Å². The van der Waals surface area contributed by atoms with Crippen LogP contribution in [0.5, 0.6) is 0 Å². The third-order valence-corrected chi connectivity index (χ3v) is 7.15. The summed E-state index contributed by atoms with van der Waals surface area (Å²) in [7, 11) is 0. The maximum Gasteiger partial charge on any atom is 0.251 e. The van der Waals surface area contributed by atoms with Crippen LogP contribution in [-0.4, -0.2) is 45.0 Å². The van der Waals surface area contributed by atoms with E-state index in [-0.39, 0.29) is 47.6 Å². The van der Waals surface area contributed by atoms with Crippen LogP contribution in [0.4, 0.5) is 10.2 Å². The monoisotopic (exact) mass is 463 g/mol. The maximum absolute atomic E-state index is 14.5. The molecule has 2 atom stereocenters. The summed E-state index contributed by atoms with van der Waals surface area (Å²) in [4.78, 5) is 33.5. The molecule has 4 fully saturated rings. The lowest BCUT2D eigenvalue weighted by Gasteiger charge is -2.43. The van der Waals surface area contributed by atoms with Gasteiger partial charge in [-0.2, -0.15) is 0 Å². The van der Waals surface area contributed by atoms with Crippen molar-refractivity contribution < 1.29 is 19.1 Å². The lowest BCUT2D eigenvalue weighted by Crippen LogP contribution is -2.62. The number of benzene rings is 1. The summed E-state index contributed by atoms with van der Waals surface area (Å²) in [5, 5.41) is 11.2. The molecular formula is C22H20Cl2FN3O3. The molecule has 1 N–H and O–H groups in total. The number of aliphatic hydroxyl groups is 1. The number of amides is 2. The van der Waals surface area contributed by atoms with Gasteiger partial charge < -0.3 is 10.0 Å². The number of aromatic nitrogens is 1. The van der Waals surface area contributed by atoms with Gasteiger partial charge in [0, 0.05) is 17.8 Å². The molecule has 2 unspecified atom stereocenters. The van der Waals surface area contributed by atoms with Crippen LogP contribution in [0.3, 0.4) is 0 Å². The quantitative estimate of drug-likeness (QED) is 0.753. The predicted octanol–water partition coefficient (Wildman–Crippen LogP) is 3.43. The lowest BCUT2D eigenvalue weighted by atomic mass is 9.77. The first-order chi connectivity index (χ1) is 14.7. The van der Waals surface area contributed by atoms with E-state index in [1.165, 1.54) is 6.20 Å². The molecule has 1 aliphatic heterocycles. The first kappa shape index (κ1) is 20.7. The smallest absolute Gasteiger partial charge is 0.251 e. The first-order valence-corrected chi connectivity index (χ1v) is 10.9. The molecule has 6 nitrogen and oxygen atoms in total. The maximum atomic E-state index is 14.5. The van der Waals surface area contributed by atoms with Crippen LogP contribution in [0.25, 0.3) is 0 Å². The molecule has 3 saturated carbocycles. The number of rotatable bonds is 4. The Labute approximate surface area is 188 Å². The normalized spacial score (nSPS) is 30.0. The highest BCUT2D eigenvalue weighted by Crippen LogP contribution is 2.57. The number of halogens is 3. The van der Waals surface area contributed by atoms with E-state index >= 15 is 0 Å². The molecule has 3 aliphatic carbocycles. The van der Waals surface area contributed by atoms with Crippen LogP contribution >= 0.6 is 23.2 Å². The van der Waals surface area contributed by atoms with Crippen molar-refractivity contribution >= 4 is 40.8 Å². The van der Waals surface area contributed by atoms with E-state index in [0.29, 0.717) is 24.3 Å². The van der Waals surface area contributed by atoms with E-state index in [2.05, 4.69) is 4.98 Å². The van der Waals surface area contributed by atoms with Gasteiger partial charge >= 0.3 is 0 Å². The Morgan fingerprint density at radius 2 is 1.84 bits per heavy atom. The topological polar surface area (TPSA) is 73.7 Å². The molecular weight excluding hydrogens is 444 g/mol. The van der Waals surface area contributed by atoms with Crippen molar-refractivity contribution in [2.24, 2.45) is 11.8 Å². The van der Waals surface area contributed by atoms with E-state index < -0.39 is 17.5 Å². The average Bonchev–Trinajstić information content (AvgIpc) is 3.19. The number of carbonyl (C=O) groups excluding carboxylic acids is 2. The van der Waals surface area contributed by atoms with Crippen LogP contribution in [0, 0.1) is 17.7 Å². The summed E-state index contributed by atoms with van der Waals surface area (Å²) in [6.07, 6.45) is 2.95. The fraction of sp³-hybridized carbons (Fsp3) is 0.409. The number of pyridine rings is 1. The van der Waals surface area contributed by atoms with Gasteiger partial charge in [0.15, 0.2) is 11.6 Å². The van der Waals surface area contributed by atoms with Gasteiger partial charge in [-0.3, -0.25) is 14.5 Å². The Bertz CT molecular complexity index is 1060. The van der Waals surface area contributed by atoms with Crippen molar-refractivity contribution in [1.29, 1.82) is 0 Å². The summed E-state index contributed by atoms with van der Waals surface area (Å²) in [5.74, 6) is -1.68. The zero-order chi connectivity index (χ0) is 21.9. The molecule has 0 spiro atoms. The number of hydrogen-bond donors (Lipinski definition) is 1. The molecule has 2 amide bonds. The highest BCUT2D eigenvalue weighted by Gasteiger charge is 2.60. The van der Waals surface area contributed by atoms with Gasteiger partial charge in [-0.25, -0.2) is 9.37 Å². The van der Waals surface area contributed by atoms with E-state index in [1.807, 2.05) is 12.1 Å². The van der Waals surface area contributed by atoms with Crippen molar-refractivity contribution in [1.82, 2.24) is 9.88 Å². The van der Waals surface area contributed by atoms with Crippen molar-refractivity contribution in [2.45, 2.75) is 37.5 Å². The molecule has 1 saturated heterocycles. The molecule has 1 aromatic heterocycles. The van der Waals surface area contributed by atoms with Crippen molar-refractivity contribution in [3.05, 3.63) is 58.0 Å². The summed E-state index contributed by atoms with van der Waals surface area (Å²) >= 11 is 11.8. The highest BCUT2D eigenvalue weighted by molar-refractivity contribution is 6.30. The molecule has 31 heavy (non-hydrogen) atoms. The average molecular weight is 464 g/mol. The van der Waals surface area contributed by atoms with Crippen LogP contribution < -0.4 is 4.90 Å². The summed E-state index contributed by atoms with van der Waals surface area (Å²) < 4.78 is 14.5. The zero-order valence-electron chi connectivity index (χ0n) is 16.5. The molecule has 2 heterocycles. The minimum Gasteiger partial charge on any atom is -0.390 e. The second-order valence-electron chi connectivity index (χ2n) is 8.74. The van der Waals surface area contributed by atoms with Crippen molar-refractivity contribution in [2.75, 3.05) is 11.4 Å². The van der Waals surface area contributed by atoms with Gasteiger partial charge in [0.25, 0.3) is 5.91 Å². The number of carbonyl (C=O) groups is 2. The summed E-state index contributed by atoms with van der Waals surface area (Å²) in [6.45, 7) is -0.0748. The van der Waals surface area contributed by atoms with Gasteiger partial charge in [0.1, 0.15) is 12.6 Å². The summed E-state index contributed by atoms with van der Waals surface area (Å²) in [5.41, 5.74) is 0.0697. The Morgan fingerprint density at radius 3 is 2.45 bits per heavy atom. The first-order valence-electron chi connectivity index (χ1n) is 10.1. The van der Waals surface area contributed by atoms with E-state index in [1.54, 1.807) is 17.0 Å². The summed E-state index contributed by atoms with van der Waals surface area (Å²) in [6, 6.07) is 7.37. The molecule has 9 heteroatoms. The molecule has 2 aromatic rings. The van der Waals surface area contributed by atoms with Gasteiger partial charge in [-0.05, 0) is 54.9 Å². The largest absolute Gasteiger partial charge is 0.390 e. The van der Waals surface area contributed by atoms with Crippen molar-refractivity contribution in [3.63, 3.8) is 0 Å². The number of piperazine rings is 1. The Balaban J connectivity index is 1.50. The van der Waals surface area contributed by atoms with Gasteiger partial charge in [-0.15, -0.1) is 0 Å². The van der Waals surface area contributed by atoms with E-state index in [0.717, 1.165) is 16.5 Å². The number of fused-ring (bicyclic) bond motifs is 1. The Morgan fingerprint density at radius 1 is 1.13 bits per heavy atom. The molecule has 6 rings (SSSR count). The van der Waals surface area contributed by atoms with Gasteiger partial charge in [-0.1, -0.05) is 35.3 Å². The molecule has 162 valence electrons. The van der Waals surface area contributed by atoms with Crippen LogP contribution in [0.15, 0.2) is 36.5 Å². The van der Waals surface area contributed by atoms with Crippen LogP contribution in [-0.2, 0) is 16.1 Å². The lowest BCUT2D eigenvalue weighted by molar-refractivity contribution is -0.146. The minimum atomic E-state index is -0.796. The number of nitrogens with zero attached hydrogens (tertiary/aromatic N) is 3. The Hall–Kier alpha value is -2.22.